The molecule has 5 nitrogen and oxygen atoms in total. The number of carboxylic acid groups (broad SMARTS) is 1. The lowest BCUT2D eigenvalue weighted by molar-refractivity contribution is -0.145. The topological polar surface area (TPSA) is 62.5 Å². The highest BCUT2D eigenvalue weighted by molar-refractivity contribution is 9.10. The van der Waals surface area contributed by atoms with Gasteiger partial charge in [-0.05, 0) is 36.4 Å². The number of aromatic nitrogens is 1. The molecule has 0 unspecified atom stereocenters. The van der Waals surface area contributed by atoms with Gasteiger partial charge in [0.15, 0.2) is 0 Å². The Morgan fingerprint density at radius 3 is 2.91 bits per heavy atom. The molecule has 6 heteroatoms. The minimum Gasteiger partial charge on any atom is -0.481 e. The molecule has 0 radical (unpaired) electrons. The smallest absolute Gasteiger partial charge is 0.308 e. The molecule has 1 saturated heterocycles. The third-order valence-corrected chi connectivity index (χ3v) is 4.66. The molecule has 1 aromatic carbocycles. The number of hydrogen-bond acceptors (Lipinski definition) is 2. The van der Waals surface area contributed by atoms with Crippen LogP contribution < -0.4 is 0 Å². The van der Waals surface area contributed by atoms with Crippen LogP contribution in [0.25, 0.3) is 10.9 Å². The van der Waals surface area contributed by atoms with Crippen LogP contribution in [0, 0.1) is 5.92 Å². The predicted molar refractivity (Wildman–Crippen MR) is 86.6 cm³/mol. The van der Waals surface area contributed by atoms with Crippen molar-refractivity contribution in [2.75, 3.05) is 13.1 Å². The second kappa shape index (κ2) is 6.12. The van der Waals surface area contributed by atoms with E-state index in [1.165, 1.54) is 0 Å². The Hall–Kier alpha value is -1.82. The zero-order valence-corrected chi connectivity index (χ0v) is 13.6. The maximum absolute atomic E-state index is 12.5. The molecule has 2 aromatic rings. The first-order valence-electron chi connectivity index (χ1n) is 7.29. The van der Waals surface area contributed by atoms with Gasteiger partial charge >= 0.3 is 5.97 Å². The summed E-state index contributed by atoms with van der Waals surface area (Å²) in [4.78, 5) is 25.2. The lowest BCUT2D eigenvalue weighted by Crippen LogP contribution is -2.43. The predicted octanol–water partition coefficient (Wildman–Crippen LogP) is 2.73. The quantitative estimate of drug-likeness (QED) is 0.910. The van der Waals surface area contributed by atoms with Gasteiger partial charge in [0, 0.05) is 29.3 Å². The standard InChI is InChI=1S/C16H17BrN2O3/c17-13-4-3-11-5-7-18(14(11)8-13)10-15(20)19-6-1-2-12(9-19)16(21)22/h3-5,7-8,12H,1-2,6,9-10H2,(H,21,22)/t12-/m0/s1. The van der Waals surface area contributed by atoms with E-state index in [-0.39, 0.29) is 12.5 Å². The van der Waals surface area contributed by atoms with Crippen LogP contribution in [-0.2, 0) is 16.1 Å². The molecule has 1 aliphatic heterocycles. The van der Waals surface area contributed by atoms with Crippen LogP contribution in [0.2, 0.25) is 0 Å². The zero-order valence-electron chi connectivity index (χ0n) is 12.0. The number of halogens is 1. The van der Waals surface area contributed by atoms with Crippen LogP contribution in [0.5, 0.6) is 0 Å². The zero-order chi connectivity index (χ0) is 15.7. The Labute approximate surface area is 136 Å². The van der Waals surface area contributed by atoms with Gasteiger partial charge in [0.25, 0.3) is 0 Å². The van der Waals surface area contributed by atoms with Crippen LogP contribution in [0.1, 0.15) is 12.8 Å². The molecule has 0 bridgehead atoms. The van der Waals surface area contributed by atoms with Gasteiger partial charge in [0.1, 0.15) is 6.54 Å². The molecule has 0 saturated carbocycles. The van der Waals surface area contributed by atoms with Crippen LogP contribution in [-0.4, -0.2) is 39.5 Å². The fourth-order valence-electron chi connectivity index (χ4n) is 2.95. The average Bonchev–Trinajstić information content (AvgIpc) is 2.89. The monoisotopic (exact) mass is 364 g/mol. The molecule has 1 aromatic heterocycles. The first-order chi connectivity index (χ1) is 10.5. The number of hydrogen-bond donors (Lipinski definition) is 1. The van der Waals surface area contributed by atoms with Gasteiger partial charge in [0.2, 0.25) is 5.91 Å². The number of piperidine rings is 1. The number of benzene rings is 1. The SMILES string of the molecule is O=C(O)[C@H]1CCCN(C(=O)Cn2ccc3ccc(Br)cc32)C1. The fourth-order valence-corrected chi connectivity index (χ4v) is 3.29. The Kier molecular flexibility index (Phi) is 4.20. The van der Waals surface area contributed by atoms with Crippen LogP contribution in [0.3, 0.4) is 0 Å². The van der Waals surface area contributed by atoms with E-state index >= 15 is 0 Å². The molecule has 2 heterocycles. The van der Waals surface area contributed by atoms with E-state index < -0.39 is 11.9 Å². The summed E-state index contributed by atoms with van der Waals surface area (Å²) < 4.78 is 2.88. The molecule has 0 spiro atoms. The number of fused-ring (bicyclic) bond motifs is 1. The van der Waals surface area contributed by atoms with Gasteiger partial charge in [-0.3, -0.25) is 9.59 Å². The maximum atomic E-state index is 12.5. The van der Waals surface area contributed by atoms with Crippen molar-refractivity contribution in [1.29, 1.82) is 0 Å². The third kappa shape index (κ3) is 3.02. The number of amides is 1. The lowest BCUT2D eigenvalue weighted by Gasteiger charge is -2.30. The van der Waals surface area contributed by atoms with Crippen molar-refractivity contribution < 1.29 is 14.7 Å². The second-order valence-electron chi connectivity index (χ2n) is 5.66. The molecular formula is C16H17BrN2O3. The van der Waals surface area contributed by atoms with E-state index in [1.807, 2.05) is 35.0 Å². The van der Waals surface area contributed by atoms with Crippen LogP contribution in [0.4, 0.5) is 0 Å². The molecule has 1 fully saturated rings. The van der Waals surface area contributed by atoms with Gasteiger partial charge in [-0.15, -0.1) is 0 Å². The number of nitrogens with zero attached hydrogens (tertiary/aromatic N) is 2. The van der Waals surface area contributed by atoms with Gasteiger partial charge in [-0.1, -0.05) is 22.0 Å². The summed E-state index contributed by atoms with van der Waals surface area (Å²) in [6, 6.07) is 7.93. The van der Waals surface area contributed by atoms with E-state index in [1.54, 1.807) is 4.90 Å². The van der Waals surface area contributed by atoms with Gasteiger partial charge in [-0.25, -0.2) is 0 Å². The maximum Gasteiger partial charge on any atom is 0.308 e. The van der Waals surface area contributed by atoms with Crippen molar-refractivity contribution in [3.63, 3.8) is 0 Å². The molecule has 1 atom stereocenters. The number of carbonyl (C=O) groups is 2. The second-order valence-corrected chi connectivity index (χ2v) is 6.58. The van der Waals surface area contributed by atoms with Crippen molar-refractivity contribution in [1.82, 2.24) is 9.47 Å². The van der Waals surface area contributed by atoms with E-state index in [9.17, 15) is 9.59 Å². The Morgan fingerprint density at radius 2 is 2.14 bits per heavy atom. The van der Waals surface area contributed by atoms with Crippen molar-refractivity contribution in [3.8, 4) is 0 Å². The van der Waals surface area contributed by atoms with Crippen molar-refractivity contribution in [2.45, 2.75) is 19.4 Å². The van der Waals surface area contributed by atoms with Gasteiger partial charge in [-0.2, -0.15) is 0 Å². The van der Waals surface area contributed by atoms with E-state index in [0.717, 1.165) is 21.8 Å². The average molecular weight is 365 g/mol. The Bertz CT molecular complexity index is 725. The number of carboxylic acids is 1. The molecule has 3 rings (SSSR count). The number of aliphatic carboxylic acids is 1. The summed E-state index contributed by atoms with van der Waals surface area (Å²) >= 11 is 3.44. The summed E-state index contributed by atoms with van der Waals surface area (Å²) in [6.45, 7) is 1.20. The first-order valence-corrected chi connectivity index (χ1v) is 8.09. The first kappa shape index (κ1) is 15.1. The highest BCUT2D eigenvalue weighted by atomic mass is 79.9. The summed E-state index contributed by atoms with van der Waals surface area (Å²) in [5.74, 6) is -1.27. The van der Waals surface area contributed by atoms with Gasteiger partial charge < -0.3 is 14.6 Å². The number of carbonyl (C=O) groups excluding carboxylic acids is 1. The Morgan fingerprint density at radius 1 is 1.32 bits per heavy atom. The number of likely N-dealkylation sites (tertiary alicyclic amines) is 1. The third-order valence-electron chi connectivity index (χ3n) is 4.16. The summed E-state index contributed by atoms with van der Waals surface area (Å²) in [7, 11) is 0. The minimum atomic E-state index is -0.812. The number of rotatable bonds is 3. The fraction of sp³-hybridized carbons (Fsp3) is 0.375. The summed E-state index contributed by atoms with van der Waals surface area (Å²) in [5, 5.41) is 10.2. The molecule has 1 amide bonds. The van der Waals surface area contributed by atoms with E-state index in [4.69, 9.17) is 5.11 Å². The highest BCUT2D eigenvalue weighted by Gasteiger charge is 2.28. The van der Waals surface area contributed by atoms with Crippen LogP contribution in [0.15, 0.2) is 34.9 Å². The molecular weight excluding hydrogens is 348 g/mol. The van der Waals surface area contributed by atoms with Crippen molar-refractivity contribution in [2.24, 2.45) is 5.92 Å². The molecule has 116 valence electrons. The Balaban J connectivity index is 1.75. The molecule has 22 heavy (non-hydrogen) atoms. The van der Waals surface area contributed by atoms with E-state index in [2.05, 4.69) is 15.9 Å². The van der Waals surface area contributed by atoms with E-state index in [0.29, 0.717) is 19.5 Å². The van der Waals surface area contributed by atoms with Gasteiger partial charge in [0.05, 0.1) is 5.92 Å². The molecule has 1 aliphatic rings. The lowest BCUT2D eigenvalue weighted by atomic mass is 9.98. The summed E-state index contributed by atoms with van der Waals surface area (Å²) in [5.41, 5.74) is 0.995. The van der Waals surface area contributed by atoms with Crippen molar-refractivity contribution >= 4 is 38.7 Å². The minimum absolute atomic E-state index is 0.0246. The van der Waals surface area contributed by atoms with Crippen LogP contribution >= 0.6 is 15.9 Å². The highest BCUT2D eigenvalue weighted by Crippen LogP contribution is 2.22. The largest absolute Gasteiger partial charge is 0.481 e. The van der Waals surface area contributed by atoms with Crippen molar-refractivity contribution in [3.05, 3.63) is 34.9 Å². The normalized spacial score (nSPS) is 18.6. The molecule has 1 N–H and O–H groups in total. The summed E-state index contributed by atoms with van der Waals surface area (Å²) in [6.07, 6.45) is 3.30. The molecule has 0 aliphatic carbocycles.